The first-order chi connectivity index (χ1) is 10.5. The maximum atomic E-state index is 11.2. The number of hydrogen-bond donors (Lipinski definition) is 3. The Morgan fingerprint density at radius 1 is 1.41 bits per heavy atom. The summed E-state index contributed by atoms with van der Waals surface area (Å²) < 4.78 is 0. The van der Waals surface area contributed by atoms with E-state index in [1.165, 1.54) is 11.3 Å². The summed E-state index contributed by atoms with van der Waals surface area (Å²) in [4.78, 5) is 17.6. The Morgan fingerprint density at radius 3 is 2.73 bits per heavy atom. The average Bonchev–Trinajstić information content (AvgIpc) is 3.00. The Labute approximate surface area is 127 Å². The molecule has 0 aliphatic heterocycles. The number of imidazole rings is 1. The van der Waals surface area contributed by atoms with Gasteiger partial charge in [-0.25, -0.2) is 4.98 Å². The van der Waals surface area contributed by atoms with Crippen LogP contribution in [0.15, 0.2) is 47.0 Å². The Bertz CT molecular complexity index is 654. The number of carbonyl (C=O) groups excluding carboxylic acids is 1. The molecule has 4 N–H and O–H groups in total. The van der Waals surface area contributed by atoms with Gasteiger partial charge in [-0.15, -0.1) is 5.11 Å². The van der Waals surface area contributed by atoms with Crippen LogP contribution in [0.5, 0.6) is 0 Å². The van der Waals surface area contributed by atoms with Gasteiger partial charge in [0, 0.05) is 7.05 Å². The molecule has 0 saturated heterocycles. The van der Waals surface area contributed by atoms with Crippen LogP contribution in [-0.2, 0) is 0 Å². The second-order valence-corrected chi connectivity index (χ2v) is 4.82. The highest BCUT2D eigenvalue weighted by Gasteiger charge is 2.20. The predicted molar refractivity (Wildman–Crippen MR) is 80.2 cm³/mol. The molecule has 0 radical (unpaired) electrons. The van der Waals surface area contributed by atoms with Crippen molar-refractivity contribution < 1.29 is 9.90 Å². The van der Waals surface area contributed by atoms with Crippen molar-refractivity contribution >= 4 is 11.7 Å². The molecule has 0 saturated carbocycles. The van der Waals surface area contributed by atoms with Crippen LogP contribution in [0.4, 0.5) is 5.82 Å². The normalized spacial score (nSPS) is 14.0. The highest BCUT2D eigenvalue weighted by atomic mass is 16.3. The van der Waals surface area contributed by atoms with Crippen molar-refractivity contribution in [2.24, 2.45) is 16.1 Å². The summed E-state index contributed by atoms with van der Waals surface area (Å²) in [5.74, 6) is -0.549. The lowest BCUT2D eigenvalue weighted by Gasteiger charge is -2.25. The zero-order chi connectivity index (χ0) is 16.1. The topological polar surface area (TPSA) is 120 Å². The molecular formula is C14H18N6O2. The molecule has 0 aliphatic carbocycles. The maximum Gasteiger partial charge on any atom is 0.269 e. The van der Waals surface area contributed by atoms with E-state index >= 15 is 0 Å². The Kier molecular flexibility index (Phi) is 4.84. The van der Waals surface area contributed by atoms with Crippen LogP contribution in [0, 0.1) is 0 Å². The number of amides is 1. The smallest absolute Gasteiger partial charge is 0.269 e. The molecule has 8 nitrogen and oxygen atoms in total. The number of nitrogens with zero attached hydrogens (tertiary/aromatic N) is 4. The molecule has 1 amide bonds. The first-order valence-electron chi connectivity index (χ1n) is 6.71. The summed E-state index contributed by atoms with van der Waals surface area (Å²) in [6.45, 7) is 1.82. The molecule has 2 rings (SSSR count). The van der Waals surface area contributed by atoms with Crippen LogP contribution >= 0.6 is 0 Å². The van der Waals surface area contributed by atoms with Crippen LogP contribution in [-0.4, -0.2) is 39.1 Å². The lowest BCUT2D eigenvalue weighted by atomic mass is 10.0. The highest BCUT2D eigenvalue weighted by Crippen LogP contribution is 2.21. The number of carbonyl (C=O) groups is 1. The summed E-state index contributed by atoms with van der Waals surface area (Å²) in [5, 5.41) is 19.7. The van der Waals surface area contributed by atoms with Gasteiger partial charge >= 0.3 is 0 Å². The fraction of sp³-hybridized carbons (Fsp3) is 0.286. The second kappa shape index (κ2) is 6.81. The zero-order valence-electron chi connectivity index (χ0n) is 12.3. The van der Waals surface area contributed by atoms with E-state index in [9.17, 15) is 9.90 Å². The van der Waals surface area contributed by atoms with Crippen molar-refractivity contribution in [3.05, 3.63) is 47.9 Å². The maximum absolute atomic E-state index is 11.2. The van der Waals surface area contributed by atoms with Crippen LogP contribution in [0.2, 0.25) is 0 Å². The highest BCUT2D eigenvalue weighted by molar-refractivity contribution is 5.94. The number of aromatic nitrogens is 2. The number of aromatic amines is 1. The number of aliphatic hydroxyl groups excluding tert-OH is 1. The lowest BCUT2D eigenvalue weighted by Crippen LogP contribution is -2.30. The number of benzene rings is 1. The SMILES string of the molecule is CC(C(O)c1ccccc1)N(C)/N=N/c1nc[nH]c1C(N)=O. The number of rotatable bonds is 6. The third kappa shape index (κ3) is 3.47. The molecule has 0 bridgehead atoms. The number of nitrogens with two attached hydrogens (primary N) is 1. The molecule has 0 spiro atoms. The molecule has 2 unspecified atom stereocenters. The molecule has 2 aromatic rings. The third-order valence-electron chi connectivity index (χ3n) is 3.33. The van der Waals surface area contributed by atoms with E-state index in [-0.39, 0.29) is 17.6 Å². The monoisotopic (exact) mass is 302 g/mol. The third-order valence-corrected chi connectivity index (χ3v) is 3.33. The first kappa shape index (κ1) is 15.6. The second-order valence-electron chi connectivity index (χ2n) is 4.82. The summed E-state index contributed by atoms with van der Waals surface area (Å²) in [7, 11) is 1.68. The number of H-pyrrole nitrogens is 1. The molecule has 22 heavy (non-hydrogen) atoms. The zero-order valence-corrected chi connectivity index (χ0v) is 12.3. The van der Waals surface area contributed by atoms with Gasteiger partial charge in [0.05, 0.1) is 12.4 Å². The number of nitrogens with one attached hydrogen (secondary N) is 1. The number of likely N-dealkylation sites (N-methyl/N-ethyl adjacent to an activating group) is 1. The molecule has 8 heteroatoms. The van der Waals surface area contributed by atoms with Gasteiger partial charge < -0.3 is 15.8 Å². The van der Waals surface area contributed by atoms with Crippen LogP contribution in [0.25, 0.3) is 0 Å². The van der Waals surface area contributed by atoms with E-state index in [1.807, 2.05) is 37.3 Å². The van der Waals surface area contributed by atoms with Gasteiger partial charge in [-0.05, 0) is 12.5 Å². The lowest BCUT2D eigenvalue weighted by molar-refractivity contribution is 0.0700. The standard InChI is InChI=1S/C14H18N6O2/c1-9(12(21)10-6-4-3-5-7-10)20(2)19-18-14-11(13(15)22)16-8-17-14/h3-9,12,21H,1-2H3,(H2,15,22)(H,16,17)/b19-18+. The van der Waals surface area contributed by atoms with Crippen molar-refractivity contribution in [2.45, 2.75) is 19.1 Å². The molecule has 1 heterocycles. The molecule has 1 aromatic carbocycles. The first-order valence-corrected chi connectivity index (χ1v) is 6.71. The van der Waals surface area contributed by atoms with Gasteiger partial charge in [0.2, 0.25) is 5.82 Å². The number of primary amides is 1. The van der Waals surface area contributed by atoms with Crippen molar-refractivity contribution in [1.29, 1.82) is 0 Å². The average molecular weight is 302 g/mol. The van der Waals surface area contributed by atoms with Gasteiger partial charge in [0.1, 0.15) is 6.10 Å². The van der Waals surface area contributed by atoms with Gasteiger partial charge in [-0.3, -0.25) is 9.80 Å². The van der Waals surface area contributed by atoms with E-state index in [4.69, 9.17) is 5.73 Å². The van der Waals surface area contributed by atoms with Gasteiger partial charge in [-0.2, -0.15) is 0 Å². The molecule has 2 atom stereocenters. The van der Waals surface area contributed by atoms with Crippen LogP contribution < -0.4 is 5.73 Å². The number of hydrogen-bond acceptors (Lipinski definition) is 5. The summed E-state index contributed by atoms with van der Waals surface area (Å²) in [5.41, 5.74) is 6.06. The largest absolute Gasteiger partial charge is 0.386 e. The van der Waals surface area contributed by atoms with E-state index in [2.05, 4.69) is 20.3 Å². The van der Waals surface area contributed by atoms with Crippen molar-refractivity contribution in [3.8, 4) is 0 Å². The van der Waals surface area contributed by atoms with E-state index in [1.54, 1.807) is 7.05 Å². The van der Waals surface area contributed by atoms with Crippen molar-refractivity contribution in [2.75, 3.05) is 7.05 Å². The summed E-state index contributed by atoms with van der Waals surface area (Å²) >= 11 is 0. The molecule has 0 aliphatic rings. The van der Waals surface area contributed by atoms with E-state index in [0.29, 0.717) is 0 Å². The van der Waals surface area contributed by atoms with Gasteiger partial charge in [0.15, 0.2) is 5.69 Å². The van der Waals surface area contributed by atoms with Crippen LogP contribution in [0.1, 0.15) is 29.1 Å². The summed E-state index contributed by atoms with van der Waals surface area (Å²) in [6, 6.07) is 8.95. The molecule has 116 valence electrons. The summed E-state index contributed by atoms with van der Waals surface area (Å²) in [6.07, 6.45) is 0.594. The molecular weight excluding hydrogens is 284 g/mol. The van der Waals surface area contributed by atoms with Crippen molar-refractivity contribution in [1.82, 2.24) is 15.0 Å². The predicted octanol–water partition coefficient (Wildman–Crippen LogP) is 1.56. The van der Waals surface area contributed by atoms with E-state index in [0.717, 1.165) is 5.56 Å². The minimum atomic E-state index is -0.722. The number of aliphatic hydroxyl groups is 1. The van der Waals surface area contributed by atoms with E-state index < -0.39 is 12.0 Å². The quantitative estimate of drug-likeness (QED) is 0.554. The Morgan fingerprint density at radius 2 is 2.09 bits per heavy atom. The fourth-order valence-corrected chi connectivity index (χ4v) is 1.87. The Balaban J connectivity index is 2.08. The fourth-order valence-electron chi connectivity index (χ4n) is 1.87. The molecule has 0 fully saturated rings. The Hall–Kier alpha value is -2.74. The van der Waals surface area contributed by atoms with Crippen molar-refractivity contribution in [3.63, 3.8) is 0 Å². The molecule has 1 aromatic heterocycles. The minimum absolute atomic E-state index is 0.0911. The van der Waals surface area contributed by atoms with Gasteiger partial charge in [0.25, 0.3) is 5.91 Å². The van der Waals surface area contributed by atoms with Gasteiger partial charge in [-0.1, -0.05) is 35.6 Å². The minimum Gasteiger partial charge on any atom is -0.386 e. The van der Waals surface area contributed by atoms with Crippen LogP contribution in [0.3, 0.4) is 0 Å².